The first kappa shape index (κ1) is 11.2. The molecule has 1 atom stereocenters. The summed E-state index contributed by atoms with van der Waals surface area (Å²) in [6.45, 7) is 5.44. The summed E-state index contributed by atoms with van der Waals surface area (Å²) < 4.78 is 1.06. The lowest BCUT2D eigenvalue weighted by Crippen LogP contribution is -1.99. The number of benzene rings is 1. The van der Waals surface area contributed by atoms with Crippen molar-refractivity contribution in [3.05, 3.63) is 52.5 Å². The summed E-state index contributed by atoms with van der Waals surface area (Å²) in [5.41, 5.74) is 1.81. The third kappa shape index (κ3) is 3.48. The van der Waals surface area contributed by atoms with Gasteiger partial charge in [-0.15, -0.1) is 0 Å². The van der Waals surface area contributed by atoms with Crippen LogP contribution in [0.1, 0.15) is 12.5 Å². The maximum absolute atomic E-state index is 9.18. The monoisotopic (exact) mass is 252 g/mol. The second-order valence-corrected chi connectivity index (χ2v) is 4.05. The first-order chi connectivity index (χ1) is 6.59. The molecule has 2 heteroatoms. The van der Waals surface area contributed by atoms with Gasteiger partial charge in [0.15, 0.2) is 0 Å². The highest BCUT2D eigenvalue weighted by Gasteiger charge is 1.95. The van der Waals surface area contributed by atoms with Crippen molar-refractivity contribution in [1.82, 2.24) is 0 Å². The van der Waals surface area contributed by atoms with Crippen LogP contribution in [0.3, 0.4) is 0 Å². The van der Waals surface area contributed by atoms with Crippen LogP contribution < -0.4 is 0 Å². The van der Waals surface area contributed by atoms with Gasteiger partial charge in [0.05, 0.1) is 6.10 Å². The number of halogens is 1. The molecule has 0 aromatic heterocycles. The zero-order valence-electron chi connectivity index (χ0n) is 8.07. The normalized spacial score (nSPS) is 13.1. The summed E-state index contributed by atoms with van der Waals surface area (Å²) in [6, 6.07) is 7.95. The fraction of sp³-hybridized carbons (Fsp3) is 0.167. The molecule has 1 N–H and O–H groups in total. The van der Waals surface area contributed by atoms with E-state index in [-0.39, 0.29) is 0 Å². The Morgan fingerprint density at radius 2 is 2.00 bits per heavy atom. The lowest BCUT2D eigenvalue weighted by molar-refractivity contribution is 0.236. The lowest BCUT2D eigenvalue weighted by Gasteiger charge is -2.01. The van der Waals surface area contributed by atoms with Crippen molar-refractivity contribution in [3.8, 4) is 0 Å². The molecule has 0 spiro atoms. The van der Waals surface area contributed by atoms with Gasteiger partial charge in [0.2, 0.25) is 0 Å². The zero-order valence-corrected chi connectivity index (χ0v) is 9.66. The van der Waals surface area contributed by atoms with Crippen LogP contribution in [-0.4, -0.2) is 11.2 Å². The van der Waals surface area contributed by atoms with Gasteiger partial charge in [-0.3, -0.25) is 0 Å². The van der Waals surface area contributed by atoms with E-state index < -0.39 is 6.10 Å². The van der Waals surface area contributed by atoms with Crippen LogP contribution in [0.15, 0.2) is 47.0 Å². The van der Waals surface area contributed by atoms with Crippen molar-refractivity contribution in [3.63, 3.8) is 0 Å². The van der Waals surface area contributed by atoms with Crippen molar-refractivity contribution in [2.24, 2.45) is 0 Å². The minimum Gasteiger partial charge on any atom is -0.389 e. The first-order valence-electron chi connectivity index (χ1n) is 4.40. The van der Waals surface area contributed by atoms with E-state index in [1.54, 1.807) is 6.92 Å². The standard InChI is InChI=1S/C12H13BrO/c1-9(10(2)14)3-4-11-5-7-12(13)8-6-11/h3-8,10,14H,1H2,2H3. The number of aliphatic hydroxyl groups excluding tert-OH is 1. The highest BCUT2D eigenvalue weighted by atomic mass is 79.9. The fourth-order valence-corrected chi connectivity index (χ4v) is 1.18. The van der Waals surface area contributed by atoms with E-state index in [1.807, 2.05) is 36.4 Å². The van der Waals surface area contributed by atoms with Crippen LogP contribution in [-0.2, 0) is 0 Å². The second-order valence-electron chi connectivity index (χ2n) is 3.14. The average Bonchev–Trinajstić information content (AvgIpc) is 2.16. The Balaban J connectivity index is 2.69. The Kier molecular flexibility index (Phi) is 4.11. The molecule has 0 fully saturated rings. The minimum absolute atomic E-state index is 0.485. The third-order valence-corrected chi connectivity index (χ3v) is 2.43. The Morgan fingerprint density at radius 1 is 1.43 bits per heavy atom. The van der Waals surface area contributed by atoms with Gasteiger partial charge in [0, 0.05) is 4.47 Å². The Bertz CT molecular complexity index is 336. The highest BCUT2D eigenvalue weighted by Crippen LogP contribution is 2.12. The second kappa shape index (κ2) is 5.13. The van der Waals surface area contributed by atoms with Gasteiger partial charge in [-0.05, 0) is 30.2 Å². The summed E-state index contributed by atoms with van der Waals surface area (Å²) in [5, 5.41) is 9.18. The summed E-state index contributed by atoms with van der Waals surface area (Å²) in [5.74, 6) is 0. The number of aliphatic hydroxyl groups is 1. The molecule has 1 unspecified atom stereocenters. The molecule has 1 nitrogen and oxygen atoms in total. The molecule has 1 aromatic rings. The molecule has 1 rings (SSSR count). The predicted molar refractivity (Wildman–Crippen MR) is 64.0 cm³/mol. The average molecular weight is 253 g/mol. The molecule has 0 aliphatic carbocycles. The molecule has 14 heavy (non-hydrogen) atoms. The van der Waals surface area contributed by atoms with E-state index in [4.69, 9.17) is 0 Å². The van der Waals surface area contributed by atoms with E-state index in [0.717, 1.165) is 10.0 Å². The predicted octanol–water partition coefficient (Wildman–Crippen LogP) is 3.40. The Morgan fingerprint density at radius 3 is 2.50 bits per heavy atom. The molecule has 0 amide bonds. The highest BCUT2D eigenvalue weighted by molar-refractivity contribution is 9.10. The zero-order chi connectivity index (χ0) is 10.6. The molecule has 0 saturated carbocycles. The van der Waals surface area contributed by atoms with Crippen molar-refractivity contribution in [1.29, 1.82) is 0 Å². The Hall–Kier alpha value is -0.860. The van der Waals surface area contributed by atoms with Gasteiger partial charge < -0.3 is 5.11 Å². The van der Waals surface area contributed by atoms with Gasteiger partial charge in [0.25, 0.3) is 0 Å². The largest absolute Gasteiger partial charge is 0.389 e. The molecule has 0 radical (unpaired) electrons. The fourth-order valence-electron chi connectivity index (χ4n) is 0.916. The summed E-state index contributed by atoms with van der Waals surface area (Å²) in [7, 11) is 0. The molecule has 0 bridgehead atoms. The van der Waals surface area contributed by atoms with Crippen LogP contribution in [0.5, 0.6) is 0 Å². The maximum Gasteiger partial charge on any atom is 0.0756 e. The lowest BCUT2D eigenvalue weighted by atomic mass is 10.1. The van der Waals surface area contributed by atoms with E-state index in [9.17, 15) is 5.11 Å². The van der Waals surface area contributed by atoms with Crippen LogP contribution in [0.25, 0.3) is 6.08 Å². The van der Waals surface area contributed by atoms with Gasteiger partial charge in [0.1, 0.15) is 0 Å². The number of hydrogen-bond donors (Lipinski definition) is 1. The molecule has 1 aromatic carbocycles. The maximum atomic E-state index is 9.18. The smallest absolute Gasteiger partial charge is 0.0756 e. The van der Waals surface area contributed by atoms with E-state index >= 15 is 0 Å². The quantitative estimate of drug-likeness (QED) is 0.818. The van der Waals surface area contributed by atoms with E-state index in [0.29, 0.717) is 5.57 Å². The van der Waals surface area contributed by atoms with Crippen molar-refractivity contribution in [2.45, 2.75) is 13.0 Å². The van der Waals surface area contributed by atoms with Crippen LogP contribution in [0, 0.1) is 0 Å². The van der Waals surface area contributed by atoms with E-state index in [1.165, 1.54) is 0 Å². The summed E-state index contributed by atoms with van der Waals surface area (Å²) in [4.78, 5) is 0. The van der Waals surface area contributed by atoms with Crippen LogP contribution in [0.4, 0.5) is 0 Å². The van der Waals surface area contributed by atoms with Crippen molar-refractivity contribution >= 4 is 22.0 Å². The van der Waals surface area contributed by atoms with Crippen LogP contribution >= 0.6 is 15.9 Å². The van der Waals surface area contributed by atoms with Gasteiger partial charge in [-0.25, -0.2) is 0 Å². The molecule has 0 aliphatic heterocycles. The number of hydrogen-bond acceptors (Lipinski definition) is 1. The van der Waals surface area contributed by atoms with Gasteiger partial charge in [-0.1, -0.05) is 46.8 Å². The molecular weight excluding hydrogens is 240 g/mol. The SMILES string of the molecule is C=C(C=Cc1ccc(Br)cc1)C(C)O. The third-order valence-electron chi connectivity index (χ3n) is 1.90. The van der Waals surface area contributed by atoms with E-state index in [2.05, 4.69) is 22.5 Å². The molecule has 74 valence electrons. The topological polar surface area (TPSA) is 20.2 Å². The summed E-state index contributed by atoms with van der Waals surface area (Å²) >= 11 is 3.37. The number of rotatable bonds is 3. The molecule has 0 aliphatic rings. The van der Waals surface area contributed by atoms with Crippen LogP contribution in [0.2, 0.25) is 0 Å². The molecule has 0 heterocycles. The molecule has 0 saturated heterocycles. The van der Waals surface area contributed by atoms with Gasteiger partial charge in [-0.2, -0.15) is 0 Å². The molecular formula is C12H13BrO. The minimum atomic E-state index is -0.485. The summed E-state index contributed by atoms with van der Waals surface area (Å²) in [6.07, 6.45) is 3.27. The first-order valence-corrected chi connectivity index (χ1v) is 5.19. The van der Waals surface area contributed by atoms with Crippen molar-refractivity contribution < 1.29 is 5.11 Å². The van der Waals surface area contributed by atoms with Crippen molar-refractivity contribution in [2.75, 3.05) is 0 Å². The Labute approximate surface area is 92.9 Å². The van der Waals surface area contributed by atoms with Gasteiger partial charge >= 0.3 is 0 Å².